The monoisotopic (exact) mass is 230 g/mol. The number of aliphatic hydroxyl groups is 1. The Labute approximate surface area is 92.9 Å². The molecular weight excluding hydrogens is 208 g/mol. The Hall–Kier alpha value is -0.653. The molecule has 5 heteroatoms. The first kappa shape index (κ1) is 14.3. The van der Waals surface area contributed by atoms with Crippen molar-refractivity contribution in [1.29, 1.82) is 5.41 Å². The van der Waals surface area contributed by atoms with Crippen molar-refractivity contribution in [3.63, 3.8) is 0 Å². The Morgan fingerprint density at radius 3 is 2.67 bits per heavy atom. The van der Waals surface area contributed by atoms with Crippen LogP contribution in [0.25, 0.3) is 0 Å². The van der Waals surface area contributed by atoms with Gasteiger partial charge in [-0.1, -0.05) is 19.6 Å². The van der Waals surface area contributed by atoms with Crippen LogP contribution in [0.4, 0.5) is 0 Å². The van der Waals surface area contributed by atoms with E-state index in [4.69, 9.17) is 15.3 Å². The van der Waals surface area contributed by atoms with E-state index in [9.17, 15) is 0 Å². The Morgan fingerprint density at radius 2 is 2.13 bits per heavy atom. The van der Waals surface area contributed by atoms with E-state index in [1.165, 1.54) is 6.08 Å². The highest BCUT2D eigenvalue weighted by atomic mass is 28.3. The van der Waals surface area contributed by atoms with Gasteiger partial charge in [0.1, 0.15) is 6.73 Å². The molecule has 0 fully saturated rings. The van der Waals surface area contributed by atoms with Gasteiger partial charge in [0, 0.05) is 20.9 Å². The van der Waals surface area contributed by atoms with Crippen LogP contribution in [0.15, 0.2) is 12.3 Å². The lowest BCUT2D eigenvalue weighted by atomic mass is 10.4. The zero-order valence-corrected chi connectivity index (χ0v) is 10.8. The van der Waals surface area contributed by atoms with E-state index in [-0.39, 0.29) is 12.3 Å². The van der Waals surface area contributed by atoms with Crippen molar-refractivity contribution in [3.05, 3.63) is 12.3 Å². The van der Waals surface area contributed by atoms with Crippen molar-refractivity contribution in [2.24, 2.45) is 0 Å². The molecule has 0 heterocycles. The molecule has 0 unspecified atom stereocenters. The molecule has 0 amide bonds. The lowest BCUT2D eigenvalue weighted by molar-refractivity contribution is 0.137. The average Bonchev–Trinajstić information content (AvgIpc) is 2.14. The average molecular weight is 230 g/mol. The molecule has 0 aliphatic carbocycles. The molecule has 0 aromatic heterocycles. The summed E-state index contributed by atoms with van der Waals surface area (Å²) in [6.45, 7) is 7.95. The van der Waals surface area contributed by atoms with Crippen molar-refractivity contribution in [2.75, 3.05) is 19.9 Å². The van der Waals surface area contributed by atoms with Gasteiger partial charge in [-0.3, -0.25) is 0 Å². The van der Waals surface area contributed by atoms with Crippen LogP contribution in [-0.4, -0.2) is 38.8 Å². The van der Waals surface area contributed by atoms with Gasteiger partial charge in [0.25, 0.3) is 0 Å². The molecule has 88 valence electrons. The van der Waals surface area contributed by atoms with Crippen LogP contribution >= 0.6 is 0 Å². The number of ether oxygens (including phenoxy) is 1. The van der Waals surface area contributed by atoms with Crippen LogP contribution < -0.4 is 5.32 Å². The highest BCUT2D eigenvalue weighted by Gasteiger charge is 2.11. The first-order valence-corrected chi connectivity index (χ1v) is 8.82. The van der Waals surface area contributed by atoms with Crippen molar-refractivity contribution in [3.8, 4) is 0 Å². The maximum absolute atomic E-state index is 8.53. The van der Waals surface area contributed by atoms with Crippen molar-refractivity contribution in [1.82, 2.24) is 5.32 Å². The summed E-state index contributed by atoms with van der Waals surface area (Å²) in [5, 5.41) is 18.6. The van der Waals surface area contributed by atoms with Crippen molar-refractivity contribution < 1.29 is 9.84 Å². The summed E-state index contributed by atoms with van der Waals surface area (Å²) < 4.78 is 5.36. The molecule has 0 atom stereocenters. The second-order valence-electron chi connectivity index (χ2n) is 4.58. The summed E-state index contributed by atoms with van der Waals surface area (Å²) in [7, 11) is -0.987. The van der Waals surface area contributed by atoms with Crippen LogP contribution in [0.2, 0.25) is 25.7 Å². The Balaban J connectivity index is 3.33. The van der Waals surface area contributed by atoms with Crippen LogP contribution in [0.1, 0.15) is 0 Å². The molecule has 3 N–H and O–H groups in total. The minimum absolute atomic E-state index is 0.185. The third-order valence-corrected chi connectivity index (χ3v) is 3.46. The maximum Gasteiger partial charge on any atom is 0.116 e. The Bertz CT molecular complexity index is 212. The predicted octanol–water partition coefficient (Wildman–Crippen LogP) is 1.41. The summed E-state index contributed by atoms with van der Waals surface area (Å²) in [6.07, 6.45) is 3.13. The third-order valence-electron chi connectivity index (χ3n) is 1.75. The summed E-state index contributed by atoms with van der Waals surface area (Å²) in [5.74, 6) is 0. The number of rotatable bonds is 8. The van der Waals surface area contributed by atoms with Crippen LogP contribution in [0.3, 0.4) is 0 Å². The van der Waals surface area contributed by atoms with Gasteiger partial charge in [-0.25, -0.2) is 0 Å². The smallest absolute Gasteiger partial charge is 0.116 e. The van der Waals surface area contributed by atoms with Gasteiger partial charge in [-0.05, 0) is 12.1 Å². The fourth-order valence-electron chi connectivity index (χ4n) is 0.770. The van der Waals surface area contributed by atoms with Gasteiger partial charge in [-0.15, -0.1) is 0 Å². The minimum atomic E-state index is -0.987. The molecule has 4 nitrogen and oxygen atoms in total. The van der Waals surface area contributed by atoms with Gasteiger partial charge >= 0.3 is 0 Å². The lowest BCUT2D eigenvalue weighted by Gasteiger charge is -2.15. The normalized spacial score (nSPS) is 12.0. The molecule has 0 bridgehead atoms. The van der Waals surface area contributed by atoms with E-state index >= 15 is 0 Å². The second-order valence-corrected chi connectivity index (χ2v) is 10.2. The molecule has 0 radical (unpaired) electrons. The molecule has 0 saturated carbocycles. The van der Waals surface area contributed by atoms with Gasteiger partial charge in [0.2, 0.25) is 0 Å². The number of hydrogen-bond donors (Lipinski definition) is 3. The maximum atomic E-state index is 8.53. The second kappa shape index (κ2) is 7.61. The SMILES string of the molecule is C[Si](C)(C)CCOCN/C=C\C(=N)CO. The van der Waals surface area contributed by atoms with Crippen LogP contribution in [0, 0.1) is 5.41 Å². The Morgan fingerprint density at radius 1 is 1.47 bits per heavy atom. The van der Waals surface area contributed by atoms with E-state index in [2.05, 4.69) is 25.0 Å². The number of nitrogens with one attached hydrogen (secondary N) is 2. The molecule has 0 aromatic carbocycles. The summed E-state index contributed by atoms with van der Waals surface area (Å²) in [5.41, 5.74) is 0.185. The molecule has 0 saturated heterocycles. The largest absolute Gasteiger partial charge is 0.390 e. The third kappa shape index (κ3) is 11.3. The lowest BCUT2D eigenvalue weighted by Crippen LogP contribution is -2.23. The van der Waals surface area contributed by atoms with E-state index < -0.39 is 8.07 Å². The highest BCUT2D eigenvalue weighted by Crippen LogP contribution is 2.06. The standard InChI is InChI=1S/C10H22N2O2Si/c1-15(2,3)7-6-14-9-12-5-4-10(11)8-13/h4-5,11-13H,6-9H2,1-3H3/b5-4-,11-10?. The molecule has 15 heavy (non-hydrogen) atoms. The number of hydrogen-bond acceptors (Lipinski definition) is 4. The molecule has 0 aromatic rings. The van der Waals surface area contributed by atoms with Gasteiger partial charge in [0.05, 0.1) is 12.3 Å². The van der Waals surface area contributed by atoms with E-state index in [0.29, 0.717) is 6.73 Å². The van der Waals surface area contributed by atoms with E-state index in [1.54, 1.807) is 6.20 Å². The quantitative estimate of drug-likeness (QED) is 0.256. The number of aliphatic hydroxyl groups excluding tert-OH is 1. The zero-order valence-electron chi connectivity index (χ0n) is 9.84. The van der Waals surface area contributed by atoms with Gasteiger partial charge < -0.3 is 20.6 Å². The molecule has 0 aliphatic heterocycles. The topological polar surface area (TPSA) is 65.3 Å². The van der Waals surface area contributed by atoms with Gasteiger partial charge in [0.15, 0.2) is 0 Å². The predicted molar refractivity (Wildman–Crippen MR) is 66.1 cm³/mol. The first-order valence-electron chi connectivity index (χ1n) is 5.11. The highest BCUT2D eigenvalue weighted by molar-refractivity contribution is 6.76. The fraction of sp³-hybridized carbons (Fsp3) is 0.700. The molecule has 0 spiro atoms. The molecular formula is C10H22N2O2Si. The van der Waals surface area contributed by atoms with Crippen molar-refractivity contribution in [2.45, 2.75) is 25.7 Å². The first-order chi connectivity index (χ1) is 6.95. The Kier molecular flexibility index (Phi) is 7.28. The fourth-order valence-corrected chi connectivity index (χ4v) is 1.53. The summed E-state index contributed by atoms with van der Waals surface area (Å²) in [6, 6.07) is 1.16. The van der Waals surface area contributed by atoms with Crippen LogP contribution in [0.5, 0.6) is 0 Å². The van der Waals surface area contributed by atoms with E-state index in [0.717, 1.165) is 12.7 Å². The zero-order chi connectivity index (χ0) is 11.7. The van der Waals surface area contributed by atoms with Crippen molar-refractivity contribution >= 4 is 13.8 Å². The van der Waals surface area contributed by atoms with Gasteiger partial charge in [-0.2, -0.15) is 0 Å². The molecule has 0 rings (SSSR count). The summed E-state index contributed by atoms with van der Waals surface area (Å²) >= 11 is 0. The summed E-state index contributed by atoms with van der Waals surface area (Å²) in [4.78, 5) is 0. The molecule has 0 aliphatic rings. The van der Waals surface area contributed by atoms with Crippen LogP contribution in [-0.2, 0) is 4.74 Å². The van der Waals surface area contributed by atoms with E-state index in [1.807, 2.05) is 0 Å². The minimum Gasteiger partial charge on any atom is -0.390 e.